The minimum absolute atomic E-state index is 0.0872. The summed E-state index contributed by atoms with van der Waals surface area (Å²) in [5.74, 6) is -0.162. The molecule has 22 heavy (non-hydrogen) atoms. The number of hydrogen-bond acceptors (Lipinski definition) is 2. The Labute approximate surface area is 138 Å². The van der Waals surface area contributed by atoms with Gasteiger partial charge in [0, 0.05) is 0 Å². The van der Waals surface area contributed by atoms with Crippen LogP contribution in [0.5, 0.6) is 0 Å². The second-order valence-corrected chi connectivity index (χ2v) is 7.70. The van der Waals surface area contributed by atoms with Gasteiger partial charge < -0.3 is 0 Å². The summed E-state index contributed by atoms with van der Waals surface area (Å²) < 4.78 is 5.93. The molecule has 0 heterocycles. The summed E-state index contributed by atoms with van der Waals surface area (Å²) in [5.41, 5.74) is 0.997. The molecule has 0 spiro atoms. The Morgan fingerprint density at radius 2 is 1.73 bits per heavy atom. The van der Waals surface area contributed by atoms with Crippen molar-refractivity contribution in [2.45, 2.75) is 17.7 Å². The van der Waals surface area contributed by atoms with E-state index in [0.717, 1.165) is 5.56 Å². The van der Waals surface area contributed by atoms with Crippen LogP contribution in [0.15, 0.2) is 73.3 Å². The molecule has 2 nitrogen and oxygen atoms in total. The van der Waals surface area contributed by atoms with Crippen LogP contribution >= 0.6 is 0 Å². The zero-order chi connectivity index (χ0) is 15.8. The van der Waals surface area contributed by atoms with Crippen molar-refractivity contribution in [2.24, 2.45) is 0 Å². The summed E-state index contributed by atoms with van der Waals surface area (Å²) in [6.07, 6.45) is 2.39. The van der Waals surface area contributed by atoms with Crippen LogP contribution in [0.3, 0.4) is 0 Å². The topological polar surface area (TPSA) is 26.3 Å². The third-order valence-corrected chi connectivity index (χ3v) is 6.30. The Morgan fingerprint density at radius 1 is 1.14 bits per heavy atom. The molecule has 0 aliphatic heterocycles. The average molecular weight is 359 g/mol. The van der Waals surface area contributed by atoms with E-state index in [1.165, 1.54) is 4.46 Å². The number of esters is 1. The van der Waals surface area contributed by atoms with Gasteiger partial charge in [-0.05, 0) is 0 Å². The van der Waals surface area contributed by atoms with Gasteiger partial charge >= 0.3 is 138 Å². The number of ether oxygens (including phenoxy) is 1. The SMILES string of the molecule is C=CCC([Se]c1ccccc1)(C(=O)OCC)c1ccccc1. The van der Waals surface area contributed by atoms with Gasteiger partial charge in [-0.1, -0.05) is 0 Å². The van der Waals surface area contributed by atoms with Crippen LogP contribution in [0.25, 0.3) is 0 Å². The Balaban J connectivity index is 2.49. The van der Waals surface area contributed by atoms with Gasteiger partial charge in [-0.2, -0.15) is 0 Å². The van der Waals surface area contributed by atoms with Gasteiger partial charge in [0.2, 0.25) is 0 Å². The van der Waals surface area contributed by atoms with E-state index in [1.807, 2.05) is 61.5 Å². The fourth-order valence-electron chi connectivity index (χ4n) is 2.31. The molecule has 1 unspecified atom stereocenters. The second kappa shape index (κ2) is 7.98. The molecule has 2 aromatic carbocycles. The summed E-state index contributed by atoms with van der Waals surface area (Å²) in [6.45, 7) is 6.09. The molecular weight excluding hydrogens is 339 g/mol. The van der Waals surface area contributed by atoms with E-state index in [4.69, 9.17) is 4.74 Å². The van der Waals surface area contributed by atoms with Crippen LogP contribution in [-0.4, -0.2) is 27.5 Å². The fourth-order valence-corrected chi connectivity index (χ4v) is 5.02. The first-order chi connectivity index (χ1) is 10.7. The van der Waals surface area contributed by atoms with Crippen LogP contribution in [0.2, 0.25) is 0 Å². The molecule has 0 N–H and O–H groups in total. The zero-order valence-electron chi connectivity index (χ0n) is 12.7. The molecule has 0 radical (unpaired) electrons. The van der Waals surface area contributed by atoms with Gasteiger partial charge in [0.25, 0.3) is 0 Å². The molecular formula is C19H20O2Se. The monoisotopic (exact) mass is 360 g/mol. The number of carbonyl (C=O) groups is 1. The summed E-state index contributed by atoms with van der Waals surface area (Å²) in [5, 5.41) is 0. The first kappa shape index (κ1) is 16.5. The van der Waals surface area contributed by atoms with E-state index in [1.54, 1.807) is 0 Å². The van der Waals surface area contributed by atoms with Crippen LogP contribution in [0.4, 0.5) is 0 Å². The predicted octanol–water partition coefficient (Wildman–Crippen LogP) is 3.05. The van der Waals surface area contributed by atoms with Gasteiger partial charge in [0.15, 0.2) is 0 Å². The molecule has 1 atom stereocenters. The van der Waals surface area contributed by atoms with Gasteiger partial charge in [0.05, 0.1) is 0 Å². The summed E-state index contributed by atoms with van der Waals surface area (Å²) in [4.78, 5) is 12.8. The Hall–Kier alpha value is -1.83. The molecule has 2 rings (SSSR count). The van der Waals surface area contributed by atoms with Crippen LogP contribution in [0, 0.1) is 0 Å². The van der Waals surface area contributed by atoms with Crippen LogP contribution < -0.4 is 4.46 Å². The predicted molar refractivity (Wildman–Crippen MR) is 91.4 cm³/mol. The number of benzene rings is 2. The molecule has 0 aliphatic carbocycles. The van der Waals surface area contributed by atoms with Crippen molar-refractivity contribution < 1.29 is 9.53 Å². The van der Waals surface area contributed by atoms with Crippen molar-refractivity contribution in [1.29, 1.82) is 0 Å². The molecule has 2 aromatic rings. The molecule has 0 fully saturated rings. The molecule has 0 bridgehead atoms. The van der Waals surface area contributed by atoms with E-state index in [-0.39, 0.29) is 20.9 Å². The normalized spacial score (nSPS) is 13.1. The maximum absolute atomic E-state index is 12.8. The zero-order valence-corrected chi connectivity index (χ0v) is 14.4. The van der Waals surface area contributed by atoms with Gasteiger partial charge in [-0.25, -0.2) is 0 Å². The van der Waals surface area contributed by atoms with Crippen molar-refractivity contribution in [1.82, 2.24) is 0 Å². The average Bonchev–Trinajstić information content (AvgIpc) is 2.56. The molecule has 0 aromatic heterocycles. The third-order valence-electron chi connectivity index (χ3n) is 3.31. The summed E-state index contributed by atoms with van der Waals surface area (Å²) >= 11 is -0.0872. The third kappa shape index (κ3) is 3.68. The van der Waals surface area contributed by atoms with Crippen molar-refractivity contribution >= 4 is 25.4 Å². The first-order valence-corrected chi connectivity index (χ1v) is 9.02. The molecule has 0 saturated carbocycles. The molecule has 0 amide bonds. The minimum atomic E-state index is -0.659. The fraction of sp³-hybridized carbons (Fsp3) is 0.211. The number of allylic oxidation sites excluding steroid dienone is 1. The standard InChI is InChI=1S/C19H20O2Se/c1-3-15-19(18(20)21-4-2,16-11-7-5-8-12-16)22-17-13-9-6-10-14-17/h3,5-14H,1,4,15H2,2H3. The number of hydrogen-bond donors (Lipinski definition) is 0. The second-order valence-electron chi connectivity index (χ2n) is 4.82. The molecule has 0 saturated heterocycles. The van der Waals surface area contributed by atoms with Crippen molar-refractivity contribution in [3.63, 3.8) is 0 Å². The van der Waals surface area contributed by atoms with E-state index in [9.17, 15) is 4.79 Å². The van der Waals surface area contributed by atoms with Crippen molar-refractivity contribution in [3.8, 4) is 0 Å². The Bertz CT molecular complexity index is 610. The Kier molecular flexibility index (Phi) is 6.00. The summed E-state index contributed by atoms with van der Waals surface area (Å²) in [7, 11) is 0. The quantitative estimate of drug-likeness (QED) is 0.432. The van der Waals surface area contributed by atoms with E-state index in [2.05, 4.69) is 18.7 Å². The van der Waals surface area contributed by atoms with Gasteiger partial charge in [-0.3, -0.25) is 0 Å². The van der Waals surface area contributed by atoms with E-state index < -0.39 is 4.31 Å². The number of rotatable bonds is 7. The maximum atomic E-state index is 12.8. The van der Waals surface area contributed by atoms with Crippen molar-refractivity contribution in [3.05, 3.63) is 78.9 Å². The molecule has 114 valence electrons. The van der Waals surface area contributed by atoms with Crippen molar-refractivity contribution in [2.75, 3.05) is 6.61 Å². The molecule has 3 heteroatoms. The van der Waals surface area contributed by atoms with E-state index >= 15 is 0 Å². The van der Waals surface area contributed by atoms with Gasteiger partial charge in [-0.15, -0.1) is 0 Å². The molecule has 0 aliphatic rings. The first-order valence-electron chi connectivity index (χ1n) is 7.30. The van der Waals surface area contributed by atoms with Crippen LogP contribution in [-0.2, 0) is 13.8 Å². The Morgan fingerprint density at radius 3 is 2.27 bits per heavy atom. The van der Waals surface area contributed by atoms with E-state index in [0.29, 0.717) is 13.0 Å². The number of carbonyl (C=O) groups excluding carboxylic acids is 1. The van der Waals surface area contributed by atoms with Crippen LogP contribution in [0.1, 0.15) is 18.9 Å². The summed E-state index contributed by atoms with van der Waals surface area (Å²) in [6, 6.07) is 20.0. The van der Waals surface area contributed by atoms with Gasteiger partial charge in [0.1, 0.15) is 0 Å².